The van der Waals surface area contributed by atoms with Crippen LogP contribution in [0.5, 0.6) is 0 Å². The highest BCUT2D eigenvalue weighted by atomic mass is 16.8. The van der Waals surface area contributed by atoms with Crippen LogP contribution in [0.25, 0.3) is 0 Å². The largest absolute Gasteiger partial charge is 0.352 e. The summed E-state index contributed by atoms with van der Waals surface area (Å²) in [5.41, 5.74) is 4.22. The molecule has 2 heterocycles. The Hall–Kier alpha value is -0.900. The normalized spacial score (nSPS) is 40.2. The minimum atomic E-state index is -0.231. The van der Waals surface area contributed by atoms with Gasteiger partial charge in [-0.15, -0.1) is 0 Å². The highest BCUT2D eigenvalue weighted by Gasteiger charge is 2.49. The SMILES string of the molecule is COC1O[C@H]2OC[C@H](CCC=C(C)C)[C@@H]3CC/C(C)=C\C/C=C/1[C@@H]23. The monoisotopic (exact) mass is 332 g/mol. The standard InChI is InChI=1S/C21H32O3/c1-14(2)7-5-9-16-13-23-21-19-17(16)12-11-15(3)8-6-10-18(19)20(22-4)24-21/h7-8,10,16-17,19-21H,5-6,9,11-13H2,1-4H3/b15-8-,18-10+/t16-,17-,19-,20?,21+/m0/s1. The lowest BCUT2D eigenvalue weighted by atomic mass is 9.72. The van der Waals surface area contributed by atoms with Crippen LogP contribution < -0.4 is 0 Å². The smallest absolute Gasteiger partial charge is 0.183 e. The Bertz CT molecular complexity index is 527. The quantitative estimate of drug-likeness (QED) is 0.678. The Labute approximate surface area is 146 Å². The van der Waals surface area contributed by atoms with Crippen molar-refractivity contribution in [1.82, 2.24) is 0 Å². The summed E-state index contributed by atoms with van der Waals surface area (Å²) in [6, 6.07) is 0. The van der Waals surface area contributed by atoms with Gasteiger partial charge in [-0.05, 0) is 70.3 Å². The maximum Gasteiger partial charge on any atom is 0.183 e. The van der Waals surface area contributed by atoms with Crippen LogP contribution in [0.1, 0.15) is 52.9 Å². The lowest BCUT2D eigenvalue weighted by Gasteiger charge is -2.39. The molecule has 1 unspecified atom stereocenters. The van der Waals surface area contributed by atoms with Crippen molar-refractivity contribution in [3.05, 3.63) is 34.9 Å². The third-order valence-electron chi connectivity index (χ3n) is 5.75. The van der Waals surface area contributed by atoms with Crippen LogP contribution in [-0.2, 0) is 14.2 Å². The van der Waals surface area contributed by atoms with E-state index in [0.717, 1.165) is 19.4 Å². The van der Waals surface area contributed by atoms with Crippen molar-refractivity contribution in [2.45, 2.75) is 65.5 Å². The Morgan fingerprint density at radius 3 is 2.92 bits per heavy atom. The molecule has 0 aromatic heterocycles. The van der Waals surface area contributed by atoms with E-state index in [0.29, 0.717) is 17.8 Å². The molecule has 2 fully saturated rings. The molecule has 3 aliphatic rings. The molecule has 0 N–H and O–H groups in total. The first-order chi connectivity index (χ1) is 11.6. The summed E-state index contributed by atoms with van der Waals surface area (Å²) < 4.78 is 17.8. The summed E-state index contributed by atoms with van der Waals surface area (Å²) in [7, 11) is 1.73. The topological polar surface area (TPSA) is 27.7 Å². The fraction of sp³-hybridized carbons (Fsp3) is 0.714. The van der Waals surface area contributed by atoms with E-state index in [4.69, 9.17) is 14.2 Å². The Kier molecular flexibility index (Phi) is 5.96. The molecule has 0 saturated carbocycles. The van der Waals surface area contributed by atoms with Gasteiger partial charge in [0.2, 0.25) is 0 Å². The van der Waals surface area contributed by atoms with Crippen molar-refractivity contribution in [3.63, 3.8) is 0 Å². The molecule has 3 heteroatoms. The van der Waals surface area contributed by atoms with Crippen LogP contribution in [0.4, 0.5) is 0 Å². The van der Waals surface area contributed by atoms with E-state index in [2.05, 4.69) is 39.0 Å². The van der Waals surface area contributed by atoms with Gasteiger partial charge in [-0.1, -0.05) is 29.4 Å². The summed E-state index contributed by atoms with van der Waals surface area (Å²) >= 11 is 0. The van der Waals surface area contributed by atoms with E-state index in [1.165, 1.54) is 36.0 Å². The van der Waals surface area contributed by atoms with Gasteiger partial charge in [0.05, 0.1) is 6.61 Å². The first-order valence-electron chi connectivity index (χ1n) is 9.39. The van der Waals surface area contributed by atoms with Crippen LogP contribution in [0.2, 0.25) is 0 Å². The van der Waals surface area contributed by atoms with Crippen LogP contribution in [-0.4, -0.2) is 26.3 Å². The molecule has 3 nitrogen and oxygen atoms in total. The van der Waals surface area contributed by atoms with Gasteiger partial charge in [0.15, 0.2) is 12.6 Å². The molecule has 2 saturated heterocycles. The summed E-state index contributed by atoms with van der Waals surface area (Å²) in [6.07, 6.45) is 12.4. The van der Waals surface area contributed by atoms with E-state index in [-0.39, 0.29) is 12.6 Å². The van der Waals surface area contributed by atoms with Crippen molar-refractivity contribution in [2.75, 3.05) is 13.7 Å². The number of hydrogen-bond donors (Lipinski definition) is 0. The zero-order valence-corrected chi connectivity index (χ0v) is 15.6. The number of allylic oxidation sites excluding steroid dienone is 5. The van der Waals surface area contributed by atoms with E-state index >= 15 is 0 Å². The fourth-order valence-electron chi connectivity index (χ4n) is 4.44. The average Bonchev–Trinajstić information content (AvgIpc) is 2.93. The minimum Gasteiger partial charge on any atom is -0.352 e. The van der Waals surface area contributed by atoms with Gasteiger partial charge in [-0.2, -0.15) is 0 Å². The first-order valence-corrected chi connectivity index (χ1v) is 9.39. The third kappa shape index (κ3) is 3.84. The fourth-order valence-corrected chi connectivity index (χ4v) is 4.44. The second kappa shape index (κ2) is 7.99. The molecule has 0 amide bonds. The molecule has 0 spiro atoms. The average molecular weight is 332 g/mol. The summed E-state index contributed by atoms with van der Waals surface area (Å²) in [6.45, 7) is 7.43. The second-order valence-corrected chi connectivity index (χ2v) is 7.74. The lowest BCUT2D eigenvalue weighted by molar-refractivity contribution is -0.230. The van der Waals surface area contributed by atoms with Gasteiger partial charge in [-0.25, -0.2) is 0 Å². The van der Waals surface area contributed by atoms with E-state index in [9.17, 15) is 0 Å². The van der Waals surface area contributed by atoms with Crippen LogP contribution in [0, 0.1) is 17.8 Å². The predicted molar refractivity (Wildman–Crippen MR) is 96.4 cm³/mol. The van der Waals surface area contributed by atoms with E-state index < -0.39 is 0 Å². The molecule has 0 aromatic carbocycles. The molecule has 5 atom stereocenters. The van der Waals surface area contributed by atoms with Crippen molar-refractivity contribution in [1.29, 1.82) is 0 Å². The van der Waals surface area contributed by atoms with Crippen LogP contribution >= 0.6 is 0 Å². The van der Waals surface area contributed by atoms with Crippen molar-refractivity contribution in [2.24, 2.45) is 17.8 Å². The molecule has 0 bridgehead atoms. The predicted octanol–water partition coefficient (Wildman–Crippen LogP) is 5.00. The zero-order valence-electron chi connectivity index (χ0n) is 15.6. The highest BCUT2D eigenvalue weighted by molar-refractivity contribution is 5.21. The Morgan fingerprint density at radius 1 is 1.33 bits per heavy atom. The van der Waals surface area contributed by atoms with Crippen molar-refractivity contribution >= 4 is 0 Å². The van der Waals surface area contributed by atoms with Crippen LogP contribution in [0.3, 0.4) is 0 Å². The van der Waals surface area contributed by atoms with Gasteiger partial charge < -0.3 is 14.2 Å². The molecular formula is C21H32O3. The molecule has 2 aliphatic heterocycles. The molecule has 24 heavy (non-hydrogen) atoms. The molecule has 0 radical (unpaired) electrons. The van der Waals surface area contributed by atoms with Crippen molar-refractivity contribution < 1.29 is 14.2 Å². The molecule has 3 rings (SSSR count). The van der Waals surface area contributed by atoms with Crippen molar-refractivity contribution in [3.8, 4) is 0 Å². The third-order valence-corrected chi connectivity index (χ3v) is 5.75. The van der Waals surface area contributed by atoms with Gasteiger partial charge in [-0.3, -0.25) is 0 Å². The molecular weight excluding hydrogens is 300 g/mol. The van der Waals surface area contributed by atoms with Gasteiger partial charge >= 0.3 is 0 Å². The minimum absolute atomic E-state index is 0.121. The summed E-state index contributed by atoms with van der Waals surface area (Å²) in [4.78, 5) is 0. The maximum atomic E-state index is 6.12. The summed E-state index contributed by atoms with van der Waals surface area (Å²) in [5, 5.41) is 0. The number of ether oxygens (including phenoxy) is 3. The highest BCUT2D eigenvalue weighted by Crippen LogP contribution is 2.48. The van der Waals surface area contributed by atoms with E-state index in [1.807, 2.05) is 0 Å². The Morgan fingerprint density at radius 2 is 2.17 bits per heavy atom. The number of hydrogen-bond acceptors (Lipinski definition) is 3. The first kappa shape index (κ1) is 17.9. The number of rotatable bonds is 4. The maximum absolute atomic E-state index is 6.12. The van der Waals surface area contributed by atoms with E-state index in [1.54, 1.807) is 7.11 Å². The molecule has 134 valence electrons. The van der Waals surface area contributed by atoms with Gasteiger partial charge in [0, 0.05) is 13.0 Å². The number of methoxy groups -OCH3 is 1. The second-order valence-electron chi connectivity index (χ2n) is 7.74. The zero-order chi connectivity index (χ0) is 17.1. The van der Waals surface area contributed by atoms with Crippen LogP contribution in [0.15, 0.2) is 34.9 Å². The van der Waals surface area contributed by atoms with Gasteiger partial charge in [0.25, 0.3) is 0 Å². The van der Waals surface area contributed by atoms with Gasteiger partial charge in [0.1, 0.15) is 0 Å². The molecule has 0 aromatic rings. The lowest BCUT2D eigenvalue weighted by Crippen LogP contribution is -2.40. The molecule has 1 aliphatic carbocycles. The Balaban J connectivity index is 1.83. The summed E-state index contributed by atoms with van der Waals surface area (Å²) in [5.74, 6) is 1.59.